The molecule has 0 aliphatic carbocycles. The van der Waals surface area contributed by atoms with E-state index in [1.165, 1.54) is 30.8 Å². The molecule has 0 aliphatic heterocycles. The molecule has 0 radical (unpaired) electrons. The van der Waals surface area contributed by atoms with Gasteiger partial charge in [0.15, 0.2) is 5.65 Å². The van der Waals surface area contributed by atoms with Gasteiger partial charge in [-0.15, -0.1) is 0 Å². The maximum Gasteiger partial charge on any atom is 0.332 e. The van der Waals surface area contributed by atoms with Crippen molar-refractivity contribution in [3.63, 3.8) is 0 Å². The van der Waals surface area contributed by atoms with Crippen LogP contribution in [0.2, 0.25) is 10.0 Å². The van der Waals surface area contributed by atoms with E-state index in [0.717, 1.165) is 11.0 Å². The molecule has 1 aromatic carbocycles. The molecular formula is C19H18Cl2N4O3. The molecule has 0 saturated heterocycles. The smallest absolute Gasteiger partial charge is 0.321 e. The third-order valence-electron chi connectivity index (χ3n) is 4.48. The molecule has 9 heteroatoms. The highest BCUT2D eigenvalue weighted by Gasteiger charge is 2.20. The normalized spacial score (nSPS) is 11.0. The van der Waals surface area contributed by atoms with E-state index >= 15 is 0 Å². The SMILES string of the molecule is CCCc1cnc2c(c1NC(=O)c1ccc(Cl)cc1Cl)c(=O)n(C)c(=O)n2C. The lowest BCUT2D eigenvalue weighted by molar-refractivity contribution is 0.102. The molecule has 3 aromatic rings. The van der Waals surface area contributed by atoms with Crippen molar-refractivity contribution in [3.05, 3.63) is 66.4 Å². The Morgan fingerprint density at radius 3 is 2.54 bits per heavy atom. The van der Waals surface area contributed by atoms with Crippen LogP contribution in [0.3, 0.4) is 0 Å². The number of aryl methyl sites for hydroxylation is 2. The molecule has 0 saturated carbocycles. The van der Waals surface area contributed by atoms with Crippen LogP contribution < -0.4 is 16.6 Å². The first-order chi connectivity index (χ1) is 13.3. The van der Waals surface area contributed by atoms with Crippen molar-refractivity contribution in [2.45, 2.75) is 19.8 Å². The molecule has 146 valence electrons. The fourth-order valence-corrected chi connectivity index (χ4v) is 3.52. The van der Waals surface area contributed by atoms with Crippen molar-refractivity contribution in [2.24, 2.45) is 14.1 Å². The van der Waals surface area contributed by atoms with Crippen LogP contribution in [-0.4, -0.2) is 20.0 Å². The Hall–Kier alpha value is -2.64. The number of carbonyl (C=O) groups excluding carboxylic acids is 1. The first-order valence-electron chi connectivity index (χ1n) is 8.60. The van der Waals surface area contributed by atoms with Gasteiger partial charge in [0.2, 0.25) is 0 Å². The van der Waals surface area contributed by atoms with E-state index in [1.807, 2.05) is 6.92 Å². The van der Waals surface area contributed by atoms with Crippen molar-refractivity contribution in [3.8, 4) is 0 Å². The lowest BCUT2D eigenvalue weighted by Crippen LogP contribution is -2.38. The number of rotatable bonds is 4. The molecule has 0 aliphatic rings. The first kappa shape index (κ1) is 20.1. The first-order valence-corrected chi connectivity index (χ1v) is 9.35. The molecule has 1 amide bonds. The molecule has 28 heavy (non-hydrogen) atoms. The Bertz CT molecular complexity index is 1210. The van der Waals surface area contributed by atoms with Gasteiger partial charge in [0.05, 0.1) is 16.3 Å². The predicted molar refractivity (Wildman–Crippen MR) is 111 cm³/mol. The Balaban J connectivity index is 2.25. The second kappa shape index (κ2) is 7.77. The molecule has 1 N–H and O–H groups in total. The topological polar surface area (TPSA) is 86.0 Å². The van der Waals surface area contributed by atoms with Crippen LogP contribution >= 0.6 is 23.2 Å². The van der Waals surface area contributed by atoms with Crippen LogP contribution in [0, 0.1) is 0 Å². The molecule has 0 fully saturated rings. The molecule has 0 atom stereocenters. The number of pyridine rings is 1. The lowest BCUT2D eigenvalue weighted by Gasteiger charge is -2.15. The highest BCUT2D eigenvalue weighted by atomic mass is 35.5. The highest BCUT2D eigenvalue weighted by molar-refractivity contribution is 6.37. The van der Waals surface area contributed by atoms with Crippen molar-refractivity contribution >= 4 is 45.8 Å². The Morgan fingerprint density at radius 1 is 1.18 bits per heavy atom. The molecule has 3 rings (SSSR count). The largest absolute Gasteiger partial charge is 0.332 e. The summed E-state index contributed by atoms with van der Waals surface area (Å²) >= 11 is 12.0. The second-order valence-electron chi connectivity index (χ2n) is 6.39. The van der Waals surface area contributed by atoms with Crippen LogP contribution in [-0.2, 0) is 20.5 Å². The highest BCUT2D eigenvalue weighted by Crippen LogP contribution is 2.26. The van der Waals surface area contributed by atoms with Gasteiger partial charge in [-0.3, -0.25) is 18.7 Å². The zero-order valence-electron chi connectivity index (χ0n) is 15.5. The number of hydrogen-bond acceptors (Lipinski definition) is 4. The maximum absolute atomic E-state index is 12.9. The van der Waals surface area contributed by atoms with Crippen LogP contribution in [0.5, 0.6) is 0 Å². The van der Waals surface area contributed by atoms with Crippen LogP contribution in [0.1, 0.15) is 29.3 Å². The second-order valence-corrected chi connectivity index (χ2v) is 7.23. The van der Waals surface area contributed by atoms with Gasteiger partial charge in [-0.05, 0) is 30.2 Å². The van der Waals surface area contributed by atoms with Crippen LogP contribution in [0.25, 0.3) is 11.0 Å². The van der Waals surface area contributed by atoms with Gasteiger partial charge in [0.25, 0.3) is 11.5 Å². The summed E-state index contributed by atoms with van der Waals surface area (Å²) < 4.78 is 2.27. The maximum atomic E-state index is 12.9. The Kier molecular flexibility index (Phi) is 5.58. The average Bonchev–Trinajstić information content (AvgIpc) is 2.65. The minimum atomic E-state index is -0.527. The number of benzene rings is 1. The zero-order valence-corrected chi connectivity index (χ0v) is 17.1. The number of carbonyl (C=O) groups is 1. The van der Waals surface area contributed by atoms with Crippen LogP contribution in [0.15, 0.2) is 34.0 Å². The number of nitrogens with one attached hydrogen (secondary N) is 1. The van der Waals surface area contributed by atoms with E-state index in [0.29, 0.717) is 22.7 Å². The summed E-state index contributed by atoms with van der Waals surface area (Å²) in [6.07, 6.45) is 2.95. The van der Waals surface area contributed by atoms with Gasteiger partial charge < -0.3 is 5.32 Å². The van der Waals surface area contributed by atoms with E-state index in [1.54, 1.807) is 12.3 Å². The Morgan fingerprint density at radius 2 is 1.89 bits per heavy atom. The Labute approximate surface area is 170 Å². The molecule has 0 unspecified atom stereocenters. The summed E-state index contributed by atoms with van der Waals surface area (Å²) in [4.78, 5) is 42.2. The summed E-state index contributed by atoms with van der Waals surface area (Å²) in [6, 6.07) is 4.54. The minimum Gasteiger partial charge on any atom is -0.321 e. The van der Waals surface area contributed by atoms with Gasteiger partial charge in [0.1, 0.15) is 5.39 Å². The molecule has 2 heterocycles. The number of aromatic nitrogens is 3. The number of halogens is 2. The third kappa shape index (κ3) is 3.43. The van der Waals surface area contributed by atoms with Crippen LogP contribution in [0.4, 0.5) is 5.69 Å². The van der Waals surface area contributed by atoms with Crippen molar-refractivity contribution in [2.75, 3.05) is 5.32 Å². The summed E-state index contributed by atoms with van der Waals surface area (Å²) in [7, 11) is 2.91. The quantitative estimate of drug-likeness (QED) is 0.702. The number of hydrogen-bond donors (Lipinski definition) is 1. The minimum absolute atomic E-state index is 0.175. The van der Waals surface area contributed by atoms with E-state index in [9.17, 15) is 14.4 Å². The van der Waals surface area contributed by atoms with E-state index in [-0.39, 0.29) is 21.6 Å². The van der Waals surface area contributed by atoms with E-state index < -0.39 is 17.2 Å². The number of amides is 1. The van der Waals surface area contributed by atoms with Crippen molar-refractivity contribution in [1.29, 1.82) is 0 Å². The summed E-state index contributed by atoms with van der Waals surface area (Å²) in [5.74, 6) is -0.484. The average molecular weight is 421 g/mol. The van der Waals surface area contributed by atoms with Crippen molar-refractivity contribution < 1.29 is 4.79 Å². The van der Waals surface area contributed by atoms with E-state index in [4.69, 9.17) is 23.2 Å². The standard InChI is InChI=1S/C19H18Cl2N4O3/c1-4-5-10-9-22-16-14(18(27)25(3)19(28)24(16)2)15(10)23-17(26)12-7-6-11(20)8-13(12)21/h6-9H,4-5H2,1-3H3,(H,22,23,26). The molecule has 7 nitrogen and oxygen atoms in total. The summed E-state index contributed by atoms with van der Waals surface area (Å²) in [5.41, 5.74) is 0.432. The van der Waals surface area contributed by atoms with Gasteiger partial charge >= 0.3 is 5.69 Å². The predicted octanol–water partition coefficient (Wildman–Crippen LogP) is 3.14. The monoisotopic (exact) mass is 420 g/mol. The van der Waals surface area contributed by atoms with Gasteiger partial charge in [-0.1, -0.05) is 36.5 Å². The number of nitrogens with zero attached hydrogens (tertiary/aromatic N) is 3. The number of anilines is 1. The summed E-state index contributed by atoms with van der Waals surface area (Å²) in [6.45, 7) is 1.98. The van der Waals surface area contributed by atoms with Gasteiger partial charge in [-0.2, -0.15) is 0 Å². The summed E-state index contributed by atoms with van der Waals surface area (Å²) in [5, 5.41) is 3.57. The lowest BCUT2D eigenvalue weighted by atomic mass is 10.1. The van der Waals surface area contributed by atoms with Gasteiger partial charge in [-0.25, -0.2) is 9.78 Å². The fourth-order valence-electron chi connectivity index (χ4n) is 3.02. The van der Waals surface area contributed by atoms with Gasteiger partial charge in [0, 0.05) is 25.3 Å². The van der Waals surface area contributed by atoms with Crippen molar-refractivity contribution in [1.82, 2.24) is 14.1 Å². The fraction of sp³-hybridized carbons (Fsp3) is 0.263. The molecule has 0 bridgehead atoms. The third-order valence-corrected chi connectivity index (χ3v) is 5.03. The zero-order chi connectivity index (χ0) is 20.6. The molecular weight excluding hydrogens is 403 g/mol. The van der Waals surface area contributed by atoms with E-state index in [2.05, 4.69) is 10.3 Å². The number of fused-ring (bicyclic) bond motifs is 1. The molecule has 2 aromatic heterocycles. The molecule has 0 spiro atoms.